The Balaban J connectivity index is 2.37. The summed E-state index contributed by atoms with van der Waals surface area (Å²) in [5.41, 5.74) is -1.25. The maximum absolute atomic E-state index is 12.5. The minimum atomic E-state index is -5.28. The lowest BCUT2D eigenvalue weighted by Gasteiger charge is -2.35. The van der Waals surface area contributed by atoms with Gasteiger partial charge in [-0.2, -0.15) is 8.42 Å². The molecule has 3 N–H and O–H groups in total. The molecule has 0 saturated heterocycles. The van der Waals surface area contributed by atoms with Crippen LogP contribution in [0, 0.1) is 0 Å². The number of aliphatic hydroxyl groups excluding tert-OH is 1. The zero-order valence-electron chi connectivity index (χ0n) is 10.9. The van der Waals surface area contributed by atoms with Gasteiger partial charge in [0.2, 0.25) is 0 Å². The normalized spacial score (nSPS) is 27.7. The van der Waals surface area contributed by atoms with Gasteiger partial charge >= 0.3 is 10.1 Å². The predicted molar refractivity (Wildman–Crippen MR) is 73.8 cm³/mol. The van der Waals surface area contributed by atoms with Crippen molar-refractivity contribution in [2.45, 2.75) is 11.0 Å². The van der Waals surface area contributed by atoms with Crippen molar-refractivity contribution >= 4 is 21.7 Å². The Labute approximate surface area is 125 Å². The minimum Gasteiger partial charge on any atom is -0.384 e. The van der Waals surface area contributed by atoms with Crippen LogP contribution >= 0.6 is 0 Å². The van der Waals surface area contributed by atoms with Crippen molar-refractivity contribution < 1.29 is 32.8 Å². The fourth-order valence-electron chi connectivity index (χ4n) is 2.66. The second kappa shape index (κ2) is 4.43. The van der Waals surface area contributed by atoms with E-state index in [1.165, 1.54) is 24.3 Å². The summed E-state index contributed by atoms with van der Waals surface area (Å²) in [6, 6.07) is 5.70. The van der Waals surface area contributed by atoms with Crippen LogP contribution in [-0.2, 0) is 10.1 Å². The number of carbonyl (C=O) groups is 2. The lowest BCUT2D eigenvalue weighted by atomic mass is 9.78. The molecule has 3 rings (SSSR count). The van der Waals surface area contributed by atoms with Gasteiger partial charge in [0.05, 0.1) is 5.57 Å². The first-order valence-electron chi connectivity index (χ1n) is 6.18. The van der Waals surface area contributed by atoms with Crippen molar-refractivity contribution in [2.75, 3.05) is 0 Å². The first-order chi connectivity index (χ1) is 10.2. The number of rotatable bonds is 1. The van der Waals surface area contributed by atoms with Crippen LogP contribution in [-0.4, -0.2) is 45.8 Å². The maximum Gasteiger partial charge on any atom is 0.302 e. The van der Waals surface area contributed by atoms with Crippen LogP contribution in [0.15, 0.2) is 47.6 Å². The van der Waals surface area contributed by atoms with E-state index in [1.54, 1.807) is 0 Å². The molecule has 0 aliphatic heterocycles. The van der Waals surface area contributed by atoms with E-state index in [4.69, 9.17) is 0 Å². The van der Waals surface area contributed by atoms with Gasteiger partial charge < -0.3 is 10.2 Å². The van der Waals surface area contributed by atoms with Crippen molar-refractivity contribution in [1.29, 1.82) is 0 Å². The van der Waals surface area contributed by atoms with Crippen LogP contribution in [0.4, 0.5) is 0 Å². The van der Waals surface area contributed by atoms with E-state index in [1.807, 2.05) is 0 Å². The van der Waals surface area contributed by atoms with E-state index in [2.05, 4.69) is 0 Å². The average Bonchev–Trinajstić information content (AvgIpc) is 2.46. The second-order valence-electron chi connectivity index (χ2n) is 4.97. The lowest BCUT2D eigenvalue weighted by Crippen LogP contribution is -2.54. The molecule has 7 nitrogen and oxygen atoms in total. The van der Waals surface area contributed by atoms with Gasteiger partial charge in [-0.15, -0.1) is 0 Å². The van der Waals surface area contributed by atoms with E-state index < -0.39 is 38.3 Å². The molecule has 0 fully saturated rings. The fraction of sp³-hybridized carbons (Fsp3) is 0.143. The van der Waals surface area contributed by atoms with Crippen LogP contribution in [0.3, 0.4) is 0 Å². The minimum absolute atomic E-state index is 0.0602. The molecule has 0 aromatic heterocycles. The molecule has 0 bridgehead atoms. The van der Waals surface area contributed by atoms with Gasteiger partial charge in [0.1, 0.15) is 6.10 Å². The Morgan fingerprint density at radius 1 is 1.05 bits per heavy atom. The highest BCUT2D eigenvalue weighted by Gasteiger charge is 2.57. The topological polar surface area (TPSA) is 129 Å². The zero-order valence-corrected chi connectivity index (χ0v) is 11.7. The Kier molecular flexibility index (Phi) is 2.98. The molecular formula is C14H10O7S. The molecule has 2 aliphatic carbocycles. The fourth-order valence-corrected chi connectivity index (χ4v) is 3.50. The molecular weight excluding hydrogens is 312 g/mol. The smallest absolute Gasteiger partial charge is 0.302 e. The third kappa shape index (κ3) is 1.69. The molecule has 22 heavy (non-hydrogen) atoms. The van der Waals surface area contributed by atoms with Crippen LogP contribution < -0.4 is 0 Å². The van der Waals surface area contributed by atoms with Crippen molar-refractivity contribution in [3.05, 3.63) is 58.7 Å². The SMILES string of the molecule is O=C1C2=C(C(=O)c3ccccc31)C(O)(S(=O)(=O)O)C(O)C=C2. The summed E-state index contributed by atoms with van der Waals surface area (Å²) in [5.74, 6) is -1.61. The molecule has 0 radical (unpaired) electrons. The second-order valence-corrected chi connectivity index (χ2v) is 6.54. The summed E-state index contributed by atoms with van der Waals surface area (Å²) in [7, 11) is -5.28. The van der Waals surface area contributed by atoms with Gasteiger partial charge in [-0.1, -0.05) is 36.4 Å². The van der Waals surface area contributed by atoms with Crippen LogP contribution in [0.25, 0.3) is 0 Å². The van der Waals surface area contributed by atoms with Gasteiger partial charge in [-0.3, -0.25) is 14.1 Å². The molecule has 0 heterocycles. The Bertz CT molecular complexity index is 878. The molecule has 2 atom stereocenters. The van der Waals surface area contributed by atoms with Gasteiger partial charge in [-0.25, -0.2) is 0 Å². The van der Waals surface area contributed by atoms with Crippen molar-refractivity contribution in [2.24, 2.45) is 0 Å². The third-order valence-electron chi connectivity index (χ3n) is 3.75. The Morgan fingerprint density at radius 3 is 2.14 bits per heavy atom. The maximum atomic E-state index is 12.5. The molecule has 114 valence electrons. The van der Waals surface area contributed by atoms with Gasteiger partial charge in [0.25, 0.3) is 4.93 Å². The molecule has 1 aromatic rings. The Hall–Kier alpha value is -2.13. The van der Waals surface area contributed by atoms with E-state index in [0.29, 0.717) is 0 Å². The number of Topliss-reactive ketones (excluding diaryl/α,β-unsaturated/α-hetero) is 2. The number of aliphatic hydroxyl groups is 2. The van der Waals surface area contributed by atoms with Crippen molar-refractivity contribution in [1.82, 2.24) is 0 Å². The highest BCUT2D eigenvalue weighted by molar-refractivity contribution is 7.87. The van der Waals surface area contributed by atoms with E-state index in [9.17, 15) is 32.8 Å². The summed E-state index contributed by atoms with van der Waals surface area (Å²) in [6.45, 7) is 0. The number of hydrogen-bond donors (Lipinski definition) is 3. The van der Waals surface area contributed by atoms with E-state index >= 15 is 0 Å². The largest absolute Gasteiger partial charge is 0.384 e. The first-order valence-corrected chi connectivity index (χ1v) is 7.62. The average molecular weight is 322 g/mol. The van der Waals surface area contributed by atoms with E-state index in [0.717, 1.165) is 12.2 Å². The summed E-state index contributed by atoms with van der Waals surface area (Å²) in [6.07, 6.45) is -0.176. The third-order valence-corrected chi connectivity index (χ3v) is 4.99. The summed E-state index contributed by atoms with van der Waals surface area (Å²) in [5, 5.41) is 20.1. The monoisotopic (exact) mass is 322 g/mol. The van der Waals surface area contributed by atoms with Crippen molar-refractivity contribution in [3.8, 4) is 0 Å². The number of allylic oxidation sites excluding steroid dienone is 2. The lowest BCUT2D eigenvalue weighted by molar-refractivity contribution is 0.0279. The van der Waals surface area contributed by atoms with E-state index in [-0.39, 0.29) is 16.7 Å². The molecule has 2 unspecified atom stereocenters. The number of ketones is 2. The first kappa shape index (κ1) is 14.8. The molecule has 0 amide bonds. The molecule has 2 aliphatic rings. The van der Waals surface area contributed by atoms with Crippen LogP contribution in [0.2, 0.25) is 0 Å². The highest BCUT2D eigenvalue weighted by Crippen LogP contribution is 2.40. The summed E-state index contributed by atoms with van der Waals surface area (Å²) < 4.78 is 32.4. The predicted octanol–water partition coefficient (Wildman–Crippen LogP) is -0.131. The molecule has 0 spiro atoms. The number of carbonyl (C=O) groups excluding carboxylic acids is 2. The molecule has 8 heteroatoms. The summed E-state index contributed by atoms with van der Waals surface area (Å²) in [4.78, 5) is 21.6. The number of benzene rings is 1. The zero-order chi connectivity index (χ0) is 16.3. The van der Waals surface area contributed by atoms with Crippen LogP contribution in [0.1, 0.15) is 20.7 Å². The van der Waals surface area contributed by atoms with Gasteiger partial charge in [0.15, 0.2) is 11.6 Å². The molecule has 0 saturated carbocycles. The number of fused-ring (bicyclic) bond motifs is 1. The summed E-state index contributed by atoms with van der Waals surface area (Å²) >= 11 is 0. The van der Waals surface area contributed by atoms with Gasteiger partial charge in [0, 0.05) is 16.7 Å². The Morgan fingerprint density at radius 2 is 1.59 bits per heavy atom. The highest BCUT2D eigenvalue weighted by atomic mass is 32.2. The quantitative estimate of drug-likeness (QED) is 0.614. The van der Waals surface area contributed by atoms with Crippen molar-refractivity contribution in [3.63, 3.8) is 0 Å². The van der Waals surface area contributed by atoms with Gasteiger partial charge in [-0.05, 0) is 0 Å². The van der Waals surface area contributed by atoms with Crippen LogP contribution in [0.5, 0.6) is 0 Å². The standard InChI is InChI=1S/C14H10O7S/c15-10-6-5-9-11(14(10,18)22(19,20)21)13(17)8-4-2-1-3-7(8)12(9)16/h1-6,10,15,18H,(H,19,20,21). The number of hydrogen-bond acceptors (Lipinski definition) is 6. The molecule has 1 aromatic carbocycles.